The molecule has 1 aromatic carbocycles. The molecule has 7 atom stereocenters. The number of hydrogen-bond acceptors (Lipinski definition) is 5. The van der Waals surface area contributed by atoms with Crippen LogP contribution in [-0.2, 0) is 26.1 Å². The number of carbonyl (C=O) groups is 1. The van der Waals surface area contributed by atoms with Gasteiger partial charge in [-0.05, 0) is 68.9 Å². The minimum Gasteiger partial charge on any atom is -0.390 e. The van der Waals surface area contributed by atoms with E-state index in [0.29, 0.717) is 24.8 Å². The predicted octanol–water partition coefficient (Wildman–Crippen LogP) is 4.06. The number of aliphatic hydroxyl groups excluding tert-OH is 1. The number of rotatable bonds is 0. The molecule has 34 heavy (non-hydrogen) atoms. The Morgan fingerprint density at radius 3 is 2.71 bits per heavy atom. The third kappa shape index (κ3) is 2.13. The number of ketones is 1. The van der Waals surface area contributed by atoms with Gasteiger partial charge in [0.2, 0.25) is 0 Å². The molecule has 2 bridgehead atoms. The zero-order valence-corrected chi connectivity index (χ0v) is 21.5. The predicted molar refractivity (Wildman–Crippen MR) is 129 cm³/mol. The Hall–Kier alpha value is -1.51. The fraction of sp³-hybridized carbons (Fsp3) is 0.593. The Morgan fingerprint density at radius 1 is 1.18 bits per heavy atom. The van der Waals surface area contributed by atoms with Crippen molar-refractivity contribution >= 4 is 32.6 Å². The lowest BCUT2D eigenvalue weighted by Gasteiger charge is -2.66. The molecular weight excluding hydrogens is 498 g/mol. The molecular formula is C27H30BrNO5. The number of ether oxygens (including phenoxy) is 2. The lowest BCUT2D eigenvalue weighted by atomic mass is 9.41. The zero-order valence-electron chi connectivity index (χ0n) is 19.9. The van der Waals surface area contributed by atoms with Crippen molar-refractivity contribution in [3.05, 3.63) is 45.6 Å². The van der Waals surface area contributed by atoms with Gasteiger partial charge in [0.05, 0.1) is 6.10 Å². The van der Waals surface area contributed by atoms with E-state index in [4.69, 9.17) is 9.47 Å². The van der Waals surface area contributed by atoms with Gasteiger partial charge in [0.25, 0.3) is 0 Å². The molecule has 7 rings (SSSR count). The van der Waals surface area contributed by atoms with Crippen LogP contribution >= 0.6 is 15.9 Å². The van der Waals surface area contributed by atoms with Crippen molar-refractivity contribution in [3.63, 3.8) is 0 Å². The summed E-state index contributed by atoms with van der Waals surface area (Å²) in [6.45, 7) is 8.04. The highest BCUT2D eigenvalue weighted by Gasteiger charge is 2.77. The highest BCUT2D eigenvalue weighted by Crippen LogP contribution is 2.71. The summed E-state index contributed by atoms with van der Waals surface area (Å²) in [7, 11) is 0. The second-order valence-electron chi connectivity index (χ2n) is 12.0. The Kier molecular flexibility index (Phi) is 3.88. The van der Waals surface area contributed by atoms with Crippen molar-refractivity contribution < 1.29 is 24.5 Å². The van der Waals surface area contributed by atoms with Gasteiger partial charge in [-0.3, -0.25) is 4.79 Å². The molecule has 1 saturated heterocycles. The van der Waals surface area contributed by atoms with Crippen molar-refractivity contribution in [1.82, 2.24) is 4.98 Å². The number of benzene rings is 1. The first-order valence-corrected chi connectivity index (χ1v) is 13.0. The van der Waals surface area contributed by atoms with E-state index in [0.717, 1.165) is 22.1 Å². The summed E-state index contributed by atoms with van der Waals surface area (Å²) in [5.74, 6) is -1.21. The number of nitrogens with one attached hydrogen (secondary N) is 1. The number of aromatic nitrogens is 1. The Labute approximate surface area is 206 Å². The average molecular weight is 528 g/mol. The molecule has 0 unspecified atom stereocenters. The topological polar surface area (TPSA) is 91.8 Å². The van der Waals surface area contributed by atoms with Gasteiger partial charge in [-0.25, -0.2) is 0 Å². The molecule has 0 amide bonds. The quantitative estimate of drug-likeness (QED) is 0.480. The van der Waals surface area contributed by atoms with Gasteiger partial charge in [-0.1, -0.05) is 29.8 Å². The second kappa shape index (κ2) is 6.06. The highest BCUT2D eigenvalue weighted by molar-refractivity contribution is 9.10. The molecule has 3 fully saturated rings. The van der Waals surface area contributed by atoms with Gasteiger partial charge in [-0.2, -0.15) is 0 Å². The molecule has 3 aliphatic carbocycles. The summed E-state index contributed by atoms with van der Waals surface area (Å²) in [6, 6.07) is 6.27. The molecule has 6 nitrogen and oxygen atoms in total. The number of hydrogen-bond donors (Lipinski definition) is 3. The molecule has 3 heterocycles. The third-order valence-corrected chi connectivity index (χ3v) is 10.8. The highest BCUT2D eigenvalue weighted by atomic mass is 79.9. The van der Waals surface area contributed by atoms with E-state index >= 15 is 0 Å². The van der Waals surface area contributed by atoms with E-state index in [1.165, 1.54) is 17.0 Å². The van der Waals surface area contributed by atoms with Crippen molar-refractivity contribution in [3.8, 4) is 0 Å². The second-order valence-corrected chi connectivity index (χ2v) is 13.0. The zero-order chi connectivity index (χ0) is 24.1. The van der Waals surface area contributed by atoms with E-state index < -0.39 is 40.0 Å². The van der Waals surface area contributed by atoms with E-state index in [1.54, 1.807) is 0 Å². The van der Waals surface area contributed by atoms with E-state index in [2.05, 4.69) is 46.9 Å². The number of carbonyl (C=O) groups excluding carboxylic acids is 1. The molecule has 2 saturated carbocycles. The summed E-state index contributed by atoms with van der Waals surface area (Å²) < 4.78 is 13.7. The maximum Gasteiger partial charge on any atom is 0.195 e. The van der Waals surface area contributed by atoms with Crippen LogP contribution in [0.2, 0.25) is 0 Å². The number of aliphatic hydroxyl groups is 2. The van der Waals surface area contributed by atoms with E-state index in [1.807, 2.05) is 19.9 Å². The summed E-state index contributed by atoms with van der Waals surface area (Å²) >= 11 is 3.61. The van der Waals surface area contributed by atoms with Crippen LogP contribution in [0, 0.1) is 11.3 Å². The van der Waals surface area contributed by atoms with Crippen LogP contribution in [0.1, 0.15) is 58.2 Å². The molecule has 3 N–H and O–H groups in total. The Balaban J connectivity index is 1.45. The molecule has 2 aromatic rings. The molecule has 0 radical (unpaired) electrons. The van der Waals surface area contributed by atoms with Gasteiger partial charge >= 0.3 is 0 Å². The minimum absolute atomic E-state index is 0.168. The van der Waals surface area contributed by atoms with Crippen molar-refractivity contribution in [2.75, 3.05) is 0 Å². The fourth-order valence-electron chi connectivity index (χ4n) is 8.45. The van der Waals surface area contributed by atoms with Gasteiger partial charge in [0.15, 0.2) is 17.7 Å². The van der Waals surface area contributed by atoms with Crippen LogP contribution in [0.5, 0.6) is 0 Å². The first-order chi connectivity index (χ1) is 15.9. The fourth-order valence-corrected chi connectivity index (χ4v) is 8.81. The largest absolute Gasteiger partial charge is 0.390 e. The van der Waals surface area contributed by atoms with Crippen LogP contribution in [-0.4, -0.2) is 50.2 Å². The standard InChI is InChI=1S/C27H30BrNO5/c1-23(2)22-18(30)12-19-26(33-22,34-23)8-7-24(3)25(4)13(10-20(31)27(19,24)32)9-16-15-11-14(28)5-6-17(15)29-21(16)25/h5-6,11-13,20,22,29,31-32H,7-10H2,1-4H3/t13-,20+,22+,24-,25-,26+,27+/m1/s1. The third-order valence-electron chi connectivity index (χ3n) is 10.3. The van der Waals surface area contributed by atoms with Gasteiger partial charge in [0.1, 0.15) is 11.2 Å². The molecule has 7 heteroatoms. The van der Waals surface area contributed by atoms with Crippen molar-refractivity contribution in [2.45, 2.75) is 88.0 Å². The number of fused-ring (bicyclic) bond motifs is 9. The first-order valence-electron chi connectivity index (χ1n) is 12.2. The molecule has 5 aliphatic rings. The maximum absolute atomic E-state index is 13.1. The molecule has 1 spiro atoms. The van der Waals surface area contributed by atoms with Gasteiger partial charge in [-0.15, -0.1) is 0 Å². The van der Waals surface area contributed by atoms with E-state index in [9.17, 15) is 15.0 Å². The van der Waals surface area contributed by atoms with Gasteiger partial charge in [0, 0.05) is 43.9 Å². The monoisotopic (exact) mass is 527 g/mol. The van der Waals surface area contributed by atoms with Crippen molar-refractivity contribution in [1.29, 1.82) is 0 Å². The lowest BCUT2D eigenvalue weighted by molar-refractivity contribution is -0.274. The summed E-state index contributed by atoms with van der Waals surface area (Å²) in [4.78, 5) is 16.8. The maximum atomic E-state index is 13.1. The smallest absolute Gasteiger partial charge is 0.195 e. The van der Waals surface area contributed by atoms with E-state index in [-0.39, 0.29) is 11.7 Å². The molecule has 2 aliphatic heterocycles. The van der Waals surface area contributed by atoms with Crippen LogP contribution in [0.25, 0.3) is 10.9 Å². The lowest BCUT2D eigenvalue weighted by Crippen LogP contribution is -2.74. The van der Waals surface area contributed by atoms with Crippen LogP contribution < -0.4 is 0 Å². The Bertz CT molecular complexity index is 1330. The average Bonchev–Trinajstić information content (AvgIpc) is 3.34. The number of H-pyrrole nitrogens is 1. The molecule has 180 valence electrons. The normalized spacial score (nSPS) is 46.0. The van der Waals surface area contributed by atoms with Crippen LogP contribution in [0.4, 0.5) is 0 Å². The van der Waals surface area contributed by atoms with Crippen molar-refractivity contribution in [2.24, 2.45) is 11.3 Å². The van der Waals surface area contributed by atoms with Crippen LogP contribution in [0.3, 0.4) is 0 Å². The number of aromatic amines is 1. The summed E-state index contributed by atoms with van der Waals surface area (Å²) in [5.41, 5.74) is 0.271. The van der Waals surface area contributed by atoms with Gasteiger partial charge < -0.3 is 24.7 Å². The molecule has 1 aromatic heterocycles. The first kappa shape index (κ1) is 21.7. The summed E-state index contributed by atoms with van der Waals surface area (Å²) in [5, 5.41) is 25.4. The number of halogens is 1. The minimum atomic E-state index is -1.66. The summed E-state index contributed by atoms with van der Waals surface area (Å²) in [6.07, 6.45) is 2.22. The van der Waals surface area contributed by atoms with Crippen LogP contribution in [0.15, 0.2) is 34.3 Å². The Morgan fingerprint density at radius 2 is 1.94 bits per heavy atom. The SMILES string of the molecule is CC1(C)O[C@@]23CC[C@]4(C)[C@@]5(C)c6[nH]c7ccc(Br)cc7c6C[C@@H]5C[C@H](O)[C@@]4(O)C2=CC(=O)[C@@H]1O3.